The van der Waals surface area contributed by atoms with E-state index in [2.05, 4.69) is 24.0 Å². The van der Waals surface area contributed by atoms with Crippen LogP contribution in [0.25, 0.3) is 16.2 Å². The van der Waals surface area contributed by atoms with Crippen LogP contribution in [-0.4, -0.2) is 15.3 Å². The van der Waals surface area contributed by atoms with Crippen LogP contribution in [0.3, 0.4) is 0 Å². The van der Waals surface area contributed by atoms with Gasteiger partial charge in [0.15, 0.2) is 0 Å². The van der Waals surface area contributed by atoms with Crippen molar-refractivity contribution in [1.82, 2.24) is 9.38 Å². The normalized spacial score (nSPS) is 10.9. The maximum atomic E-state index is 11.2. The highest BCUT2D eigenvalue weighted by molar-refractivity contribution is 7.15. The molecule has 0 saturated carbocycles. The van der Waals surface area contributed by atoms with Crippen molar-refractivity contribution in [2.45, 2.75) is 6.92 Å². The first kappa shape index (κ1) is 11.0. The summed E-state index contributed by atoms with van der Waals surface area (Å²) in [6, 6.07) is 7.61. The van der Waals surface area contributed by atoms with Crippen LogP contribution in [0.5, 0.6) is 0 Å². The highest BCUT2D eigenvalue weighted by Gasteiger charge is 2.09. The number of hydrogen-bond donors (Lipinski definition) is 1. The zero-order valence-electron chi connectivity index (χ0n) is 9.75. The smallest absolute Gasteiger partial charge is 0.250 e. The summed E-state index contributed by atoms with van der Waals surface area (Å²) in [4.78, 5) is 17.9. The third kappa shape index (κ3) is 1.69. The lowest BCUT2D eigenvalue weighted by atomic mass is 10.2. The zero-order chi connectivity index (χ0) is 12.7. The van der Waals surface area contributed by atoms with Gasteiger partial charge in [0, 0.05) is 11.1 Å². The maximum Gasteiger partial charge on any atom is 0.250 e. The minimum atomic E-state index is -0.432. The zero-order valence-corrected chi connectivity index (χ0v) is 10.6. The Balaban J connectivity index is 2.23. The molecular weight excluding hydrogens is 246 g/mol. The van der Waals surface area contributed by atoms with E-state index in [0.717, 1.165) is 16.2 Å². The van der Waals surface area contributed by atoms with E-state index >= 15 is 0 Å². The topological polar surface area (TPSA) is 60.4 Å². The predicted octanol–water partition coefficient (Wildman–Crippen LogP) is 2.47. The predicted molar refractivity (Wildman–Crippen MR) is 71.8 cm³/mol. The molecule has 3 heterocycles. The maximum absolute atomic E-state index is 11.2. The largest absolute Gasteiger partial charge is 0.366 e. The fourth-order valence-corrected chi connectivity index (χ4v) is 2.76. The summed E-state index contributed by atoms with van der Waals surface area (Å²) in [5.41, 5.74) is 7.56. The first-order chi connectivity index (χ1) is 8.65. The number of imidazole rings is 1. The highest BCUT2D eigenvalue weighted by Crippen LogP contribution is 2.28. The Morgan fingerprint density at radius 1 is 1.33 bits per heavy atom. The van der Waals surface area contributed by atoms with Gasteiger partial charge in [-0.15, -0.1) is 11.3 Å². The molecule has 0 fully saturated rings. The summed E-state index contributed by atoms with van der Waals surface area (Å²) in [5, 5.41) is 0. The van der Waals surface area contributed by atoms with Crippen molar-refractivity contribution < 1.29 is 4.79 Å². The van der Waals surface area contributed by atoms with Crippen LogP contribution in [0.15, 0.2) is 36.7 Å². The van der Waals surface area contributed by atoms with Crippen molar-refractivity contribution in [3.05, 3.63) is 47.1 Å². The van der Waals surface area contributed by atoms with Gasteiger partial charge < -0.3 is 5.73 Å². The number of primary amides is 1. The molecule has 0 bridgehead atoms. The van der Waals surface area contributed by atoms with Crippen molar-refractivity contribution in [2.75, 3.05) is 0 Å². The molecule has 0 aliphatic rings. The van der Waals surface area contributed by atoms with Crippen LogP contribution in [0, 0.1) is 6.92 Å². The van der Waals surface area contributed by atoms with Crippen LogP contribution < -0.4 is 5.73 Å². The van der Waals surface area contributed by atoms with Gasteiger partial charge in [-0.05, 0) is 31.2 Å². The van der Waals surface area contributed by atoms with Crippen molar-refractivity contribution in [3.63, 3.8) is 0 Å². The second kappa shape index (κ2) is 3.96. The van der Waals surface area contributed by atoms with Gasteiger partial charge in [-0.2, -0.15) is 0 Å². The molecule has 5 heteroatoms. The van der Waals surface area contributed by atoms with Gasteiger partial charge >= 0.3 is 0 Å². The molecule has 3 aromatic rings. The van der Waals surface area contributed by atoms with Gasteiger partial charge in [0.25, 0.3) is 0 Å². The summed E-state index contributed by atoms with van der Waals surface area (Å²) >= 11 is 1.70. The van der Waals surface area contributed by atoms with Crippen molar-refractivity contribution in [1.29, 1.82) is 0 Å². The van der Waals surface area contributed by atoms with Gasteiger partial charge in [-0.1, -0.05) is 0 Å². The third-order valence-electron chi connectivity index (χ3n) is 2.78. The molecule has 0 aromatic carbocycles. The fourth-order valence-electron chi connectivity index (χ4n) is 1.88. The number of rotatable bonds is 2. The number of aromatic nitrogens is 2. The number of aryl methyl sites for hydroxylation is 1. The minimum Gasteiger partial charge on any atom is -0.366 e. The van der Waals surface area contributed by atoms with Gasteiger partial charge in [0.05, 0.1) is 22.3 Å². The van der Waals surface area contributed by atoms with E-state index < -0.39 is 5.91 Å². The summed E-state index contributed by atoms with van der Waals surface area (Å²) in [5.74, 6) is -0.432. The molecule has 2 N–H and O–H groups in total. The number of hydrogen-bond acceptors (Lipinski definition) is 3. The molecule has 0 radical (unpaired) electrons. The number of amides is 1. The molecule has 1 amide bonds. The van der Waals surface area contributed by atoms with Crippen LogP contribution in [0.1, 0.15) is 15.2 Å². The van der Waals surface area contributed by atoms with Crippen LogP contribution >= 0.6 is 11.3 Å². The third-order valence-corrected chi connectivity index (χ3v) is 3.81. The summed E-state index contributed by atoms with van der Waals surface area (Å²) in [7, 11) is 0. The second-order valence-electron chi connectivity index (χ2n) is 4.06. The Bertz CT molecular complexity index is 742. The van der Waals surface area contributed by atoms with E-state index in [1.165, 1.54) is 4.88 Å². The second-order valence-corrected chi connectivity index (χ2v) is 5.35. The quantitative estimate of drug-likeness (QED) is 0.766. The van der Waals surface area contributed by atoms with Gasteiger partial charge in [0.2, 0.25) is 5.91 Å². The number of fused-ring (bicyclic) bond motifs is 1. The Hall–Kier alpha value is -2.14. The molecule has 0 aliphatic carbocycles. The molecular formula is C13H11N3OS. The monoisotopic (exact) mass is 257 g/mol. The Morgan fingerprint density at radius 2 is 2.17 bits per heavy atom. The van der Waals surface area contributed by atoms with Gasteiger partial charge in [-0.3, -0.25) is 9.20 Å². The van der Waals surface area contributed by atoms with E-state index in [0.29, 0.717) is 5.56 Å². The molecule has 3 aromatic heterocycles. The standard InChI is InChI=1S/C13H11N3OS/c1-8-2-4-11(18-8)10-6-15-12-5-3-9(13(14)17)7-16(10)12/h2-7H,1H3,(H2,14,17). The lowest BCUT2D eigenvalue weighted by Gasteiger charge is -2.01. The highest BCUT2D eigenvalue weighted by atomic mass is 32.1. The van der Waals surface area contributed by atoms with Crippen molar-refractivity contribution >= 4 is 22.9 Å². The van der Waals surface area contributed by atoms with E-state index in [4.69, 9.17) is 5.73 Å². The first-order valence-electron chi connectivity index (χ1n) is 5.49. The molecule has 0 aliphatic heterocycles. The van der Waals surface area contributed by atoms with Gasteiger partial charge in [-0.25, -0.2) is 4.98 Å². The summed E-state index contributed by atoms with van der Waals surface area (Å²) < 4.78 is 1.89. The lowest BCUT2D eigenvalue weighted by Crippen LogP contribution is -2.11. The molecule has 0 saturated heterocycles. The number of carbonyl (C=O) groups excluding carboxylic acids is 1. The number of carbonyl (C=O) groups is 1. The number of nitrogens with two attached hydrogens (primary N) is 1. The molecule has 4 nitrogen and oxygen atoms in total. The van der Waals surface area contributed by atoms with E-state index in [-0.39, 0.29) is 0 Å². The van der Waals surface area contributed by atoms with E-state index in [1.54, 1.807) is 29.7 Å². The number of pyridine rings is 1. The Kier molecular flexibility index (Phi) is 2.41. The summed E-state index contributed by atoms with van der Waals surface area (Å²) in [6.07, 6.45) is 3.54. The fraction of sp³-hybridized carbons (Fsp3) is 0.0769. The van der Waals surface area contributed by atoms with E-state index in [9.17, 15) is 4.79 Å². The SMILES string of the molecule is Cc1ccc(-c2cnc3ccc(C(N)=O)cn23)s1. The van der Waals surface area contributed by atoms with Crippen LogP contribution in [0.4, 0.5) is 0 Å². The van der Waals surface area contributed by atoms with Crippen LogP contribution in [0.2, 0.25) is 0 Å². The van der Waals surface area contributed by atoms with E-state index in [1.807, 2.05) is 10.6 Å². The molecule has 0 atom stereocenters. The molecule has 90 valence electrons. The Labute approximate surface area is 108 Å². The summed E-state index contributed by atoms with van der Waals surface area (Å²) in [6.45, 7) is 2.06. The van der Waals surface area contributed by atoms with Crippen molar-refractivity contribution in [3.8, 4) is 10.6 Å². The number of nitrogens with zero attached hydrogens (tertiary/aromatic N) is 2. The molecule has 0 unspecified atom stereocenters. The molecule has 0 spiro atoms. The minimum absolute atomic E-state index is 0.432. The molecule has 3 rings (SSSR count). The van der Waals surface area contributed by atoms with Gasteiger partial charge in [0.1, 0.15) is 5.65 Å². The number of thiophene rings is 1. The average molecular weight is 257 g/mol. The van der Waals surface area contributed by atoms with Crippen LogP contribution in [-0.2, 0) is 0 Å². The Morgan fingerprint density at radius 3 is 2.83 bits per heavy atom. The first-order valence-corrected chi connectivity index (χ1v) is 6.30. The molecule has 18 heavy (non-hydrogen) atoms. The van der Waals surface area contributed by atoms with Crippen molar-refractivity contribution in [2.24, 2.45) is 5.73 Å². The lowest BCUT2D eigenvalue weighted by molar-refractivity contribution is 0.1000. The average Bonchev–Trinajstić information content (AvgIpc) is 2.93.